The van der Waals surface area contributed by atoms with Gasteiger partial charge in [-0.15, -0.1) is 0 Å². The van der Waals surface area contributed by atoms with Crippen LogP contribution in [0.1, 0.15) is 42.5 Å². The molecule has 0 spiro atoms. The lowest BCUT2D eigenvalue weighted by Gasteiger charge is -2.40. The minimum absolute atomic E-state index is 0.0928. The quantitative estimate of drug-likeness (QED) is 0.717. The van der Waals surface area contributed by atoms with Crippen LogP contribution in [0.15, 0.2) is 24.3 Å². The summed E-state index contributed by atoms with van der Waals surface area (Å²) in [6.07, 6.45) is 5.91. The Morgan fingerprint density at radius 1 is 1.08 bits per heavy atom. The van der Waals surface area contributed by atoms with Gasteiger partial charge in [0.2, 0.25) is 0 Å². The molecule has 0 aromatic heterocycles. The van der Waals surface area contributed by atoms with Crippen molar-refractivity contribution in [3.63, 3.8) is 0 Å². The van der Waals surface area contributed by atoms with Crippen LogP contribution in [0, 0.1) is 0 Å². The van der Waals surface area contributed by atoms with Gasteiger partial charge in [-0.3, -0.25) is 9.69 Å². The van der Waals surface area contributed by atoms with Crippen LogP contribution in [0.3, 0.4) is 0 Å². The fourth-order valence-corrected chi connectivity index (χ4v) is 3.95. The lowest BCUT2D eigenvalue weighted by Crippen LogP contribution is -2.52. The number of hydrogen-bond donors (Lipinski definition) is 3. The van der Waals surface area contributed by atoms with Crippen molar-refractivity contribution in [3.8, 4) is 0 Å². The van der Waals surface area contributed by atoms with E-state index in [4.69, 9.17) is 5.11 Å². The second-order valence-corrected chi connectivity index (χ2v) is 7.41. The summed E-state index contributed by atoms with van der Waals surface area (Å²) in [7, 11) is 0. The third-order valence-corrected chi connectivity index (χ3v) is 5.58. The van der Waals surface area contributed by atoms with Crippen molar-refractivity contribution < 1.29 is 15.0 Å². The summed E-state index contributed by atoms with van der Waals surface area (Å²) in [5.74, 6) is 0.0928. The first-order chi connectivity index (χ1) is 12.7. The van der Waals surface area contributed by atoms with Gasteiger partial charge in [0.25, 0.3) is 5.91 Å². The van der Waals surface area contributed by atoms with Crippen LogP contribution in [-0.2, 0) is 0 Å². The van der Waals surface area contributed by atoms with Crippen LogP contribution in [0.25, 0.3) is 0 Å². The largest absolute Gasteiger partial charge is 0.394 e. The number of anilines is 1. The van der Waals surface area contributed by atoms with Gasteiger partial charge in [0.05, 0.1) is 12.7 Å². The molecule has 3 rings (SSSR count). The fourth-order valence-electron chi connectivity index (χ4n) is 3.95. The van der Waals surface area contributed by atoms with Gasteiger partial charge in [0, 0.05) is 50.0 Å². The van der Waals surface area contributed by atoms with Gasteiger partial charge in [0.15, 0.2) is 0 Å². The minimum atomic E-state index is -0.781. The van der Waals surface area contributed by atoms with Gasteiger partial charge in [0.1, 0.15) is 0 Å². The molecule has 2 fully saturated rings. The topological polar surface area (TPSA) is 76.0 Å². The number of benzene rings is 1. The normalized spacial score (nSPS) is 20.8. The molecule has 2 aliphatic rings. The third-order valence-electron chi connectivity index (χ3n) is 5.58. The number of carbonyl (C=O) groups excluding carboxylic acids is 1. The van der Waals surface area contributed by atoms with E-state index in [1.54, 1.807) is 0 Å². The summed E-state index contributed by atoms with van der Waals surface area (Å²) in [5, 5.41) is 21.2. The molecule has 1 saturated carbocycles. The molecule has 1 heterocycles. The van der Waals surface area contributed by atoms with E-state index in [-0.39, 0.29) is 19.1 Å². The first-order valence-corrected chi connectivity index (χ1v) is 9.83. The Kier molecular flexibility index (Phi) is 6.88. The van der Waals surface area contributed by atoms with Crippen molar-refractivity contribution in [2.45, 2.75) is 44.2 Å². The van der Waals surface area contributed by atoms with Crippen LogP contribution < -0.4 is 5.32 Å². The molecule has 0 radical (unpaired) electrons. The third kappa shape index (κ3) is 4.96. The number of carbonyl (C=O) groups is 1. The van der Waals surface area contributed by atoms with E-state index in [9.17, 15) is 9.90 Å². The Morgan fingerprint density at radius 2 is 1.73 bits per heavy atom. The van der Waals surface area contributed by atoms with E-state index in [2.05, 4.69) is 10.2 Å². The minimum Gasteiger partial charge on any atom is -0.394 e. The van der Waals surface area contributed by atoms with Crippen molar-refractivity contribution in [2.24, 2.45) is 0 Å². The molecule has 1 saturated heterocycles. The molecule has 6 heteroatoms. The first kappa shape index (κ1) is 19.1. The summed E-state index contributed by atoms with van der Waals surface area (Å²) in [6.45, 7) is 3.59. The zero-order valence-electron chi connectivity index (χ0n) is 15.4. The highest BCUT2D eigenvalue weighted by molar-refractivity contribution is 5.94. The van der Waals surface area contributed by atoms with E-state index < -0.39 is 6.10 Å². The molecule has 1 aliphatic heterocycles. The van der Waals surface area contributed by atoms with Gasteiger partial charge >= 0.3 is 0 Å². The van der Waals surface area contributed by atoms with Crippen LogP contribution in [0.2, 0.25) is 0 Å². The van der Waals surface area contributed by atoms with Gasteiger partial charge in [-0.05, 0) is 37.1 Å². The summed E-state index contributed by atoms with van der Waals surface area (Å²) in [6, 6.07) is 8.05. The van der Waals surface area contributed by atoms with Gasteiger partial charge < -0.3 is 20.4 Å². The molecular formula is C20H31N3O3. The van der Waals surface area contributed by atoms with E-state index in [0.717, 1.165) is 37.9 Å². The monoisotopic (exact) mass is 361 g/mol. The Bertz CT molecular complexity index is 564. The maximum Gasteiger partial charge on any atom is 0.253 e. The highest BCUT2D eigenvalue weighted by Gasteiger charge is 2.27. The van der Waals surface area contributed by atoms with Crippen molar-refractivity contribution >= 4 is 11.6 Å². The second kappa shape index (κ2) is 9.35. The lowest BCUT2D eigenvalue weighted by atomic mass is 9.94. The zero-order chi connectivity index (χ0) is 18.4. The van der Waals surface area contributed by atoms with Crippen molar-refractivity contribution in [2.75, 3.05) is 44.6 Å². The van der Waals surface area contributed by atoms with Gasteiger partial charge in [-0.2, -0.15) is 0 Å². The number of aliphatic hydroxyl groups excluding tert-OH is 2. The molecule has 3 N–H and O–H groups in total. The standard InChI is InChI=1S/C20H31N3O3/c24-15-19(25)14-21-17-8-6-16(7-9-17)20(26)23-12-10-22(11-13-23)18-4-2-1-3-5-18/h6-9,18-19,21,24-25H,1-5,10-15H2. The SMILES string of the molecule is O=C(c1ccc(NCC(O)CO)cc1)N1CCN(C2CCCCC2)CC1. The molecule has 1 aliphatic carbocycles. The summed E-state index contributed by atoms with van der Waals surface area (Å²) < 4.78 is 0. The number of nitrogens with one attached hydrogen (secondary N) is 1. The number of piperazine rings is 1. The van der Waals surface area contributed by atoms with Crippen molar-refractivity contribution in [1.29, 1.82) is 0 Å². The molecule has 0 bridgehead atoms. The molecule has 6 nitrogen and oxygen atoms in total. The van der Waals surface area contributed by atoms with E-state index in [1.807, 2.05) is 29.2 Å². The maximum atomic E-state index is 12.7. The zero-order valence-corrected chi connectivity index (χ0v) is 15.4. The van der Waals surface area contributed by atoms with Gasteiger partial charge in [-0.1, -0.05) is 19.3 Å². The van der Waals surface area contributed by atoms with Crippen LogP contribution in [0.5, 0.6) is 0 Å². The Labute approximate surface area is 155 Å². The van der Waals surface area contributed by atoms with Crippen LogP contribution in [0.4, 0.5) is 5.69 Å². The molecule has 1 aromatic rings. The number of hydrogen-bond acceptors (Lipinski definition) is 5. The molecular weight excluding hydrogens is 330 g/mol. The summed E-state index contributed by atoms with van der Waals surface area (Å²) >= 11 is 0. The summed E-state index contributed by atoms with van der Waals surface area (Å²) in [4.78, 5) is 17.2. The number of aliphatic hydroxyl groups is 2. The van der Waals surface area contributed by atoms with E-state index in [0.29, 0.717) is 5.56 Å². The average Bonchev–Trinajstić information content (AvgIpc) is 2.72. The maximum absolute atomic E-state index is 12.7. The molecule has 1 atom stereocenters. The molecule has 144 valence electrons. The summed E-state index contributed by atoms with van der Waals surface area (Å²) in [5.41, 5.74) is 1.53. The number of amides is 1. The van der Waals surface area contributed by atoms with E-state index in [1.165, 1.54) is 32.1 Å². The average molecular weight is 361 g/mol. The highest BCUT2D eigenvalue weighted by Crippen LogP contribution is 2.24. The van der Waals surface area contributed by atoms with Crippen LogP contribution >= 0.6 is 0 Å². The molecule has 26 heavy (non-hydrogen) atoms. The smallest absolute Gasteiger partial charge is 0.253 e. The van der Waals surface area contributed by atoms with Crippen molar-refractivity contribution in [3.05, 3.63) is 29.8 Å². The first-order valence-electron chi connectivity index (χ1n) is 9.83. The number of rotatable bonds is 6. The highest BCUT2D eigenvalue weighted by atomic mass is 16.3. The lowest BCUT2D eigenvalue weighted by molar-refractivity contribution is 0.0523. The Balaban J connectivity index is 1.48. The predicted molar refractivity (Wildman–Crippen MR) is 102 cm³/mol. The molecule has 1 amide bonds. The molecule has 1 aromatic carbocycles. The molecule has 1 unspecified atom stereocenters. The fraction of sp³-hybridized carbons (Fsp3) is 0.650. The number of nitrogens with zero attached hydrogens (tertiary/aromatic N) is 2. The van der Waals surface area contributed by atoms with Crippen LogP contribution in [-0.4, -0.2) is 77.4 Å². The predicted octanol–water partition coefficient (Wildman–Crippen LogP) is 1.54. The van der Waals surface area contributed by atoms with Crippen molar-refractivity contribution in [1.82, 2.24) is 9.80 Å². The Hall–Kier alpha value is -1.63. The second-order valence-electron chi connectivity index (χ2n) is 7.41. The van der Waals surface area contributed by atoms with E-state index >= 15 is 0 Å². The Morgan fingerprint density at radius 3 is 2.35 bits per heavy atom. The van der Waals surface area contributed by atoms with Gasteiger partial charge in [-0.25, -0.2) is 0 Å².